The van der Waals surface area contributed by atoms with Gasteiger partial charge in [0.15, 0.2) is 0 Å². The van der Waals surface area contributed by atoms with E-state index in [1.54, 1.807) is 24.3 Å². The molecule has 17 heavy (non-hydrogen) atoms. The zero-order chi connectivity index (χ0) is 12.5. The minimum absolute atomic E-state index is 0.182. The lowest BCUT2D eigenvalue weighted by Crippen LogP contribution is -2.13. The normalized spacial score (nSPS) is 13.9. The first kappa shape index (κ1) is 11.9. The van der Waals surface area contributed by atoms with Gasteiger partial charge in [-0.1, -0.05) is 18.2 Å². The van der Waals surface area contributed by atoms with E-state index in [4.69, 9.17) is 0 Å². The van der Waals surface area contributed by atoms with Gasteiger partial charge in [-0.05, 0) is 17.7 Å². The van der Waals surface area contributed by atoms with Crippen LogP contribution in [0.3, 0.4) is 0 Å². The number of pyridine rings is 1. The van der Waals surface area contributed by atoms with Crippen molar-refractivity contribution in [2.75, 3.05) is 0 Å². The Morgan fingerprint density at radius 1 is 1.24 bits per heavy atom. The van der Waals surface area contributed by atoms with Gasteiger partial charge in [-0.3, -0.25) is 4.98 Å². The standard InChI is InChI=1S/C12H10F3NO/c13-12(14,15)6-11(17)9-5-8-3-1-2-4-10(8)16-7-9/h1-5,7,11,17H,6H2. The van der Waals surface area contributed by atoms with Crippen molar-refractivity contribution in [1.82, 2.24) is 4.98 Å². The number of nitrogens with zero attached hydrogens (tertiary/aromatic N) is 1. The van der Waals surface area contributed by atoms with Crippen LogP contribution in [0.4, 0.5) is 13.2 Å². The molecule has 1 atom stereocenters. The SMILES string of the molecule is OC(CC(F)(F)F)c1cnc2ccccc2c1. The summed E-state index contributed by atoms with van der Waals surface area (Å²) in [5, 5.41) is 10.2. The molecule has 0 radical (unpaired) electrons. The van der Waals surface area contributed by atoms with Gasteiger partial charge >= 0.3 is 6.18 Å². The Labute approximate surface area is 95.7 Å². The number of hydrogen-bond donors (Lipinski definition) is 1. The average Bonchev–Trinajstić information content (AvgIpc) is 2.26. The molecule has 0 aliphatic rings. The summed E-state index contributed by atoms with van der Waals surface area (Å²) in [6.07, 6.45) is -5.93. The number of aromatic nitrogens is 1. The van der Waals surface area contributed by atoms with Crippen LogP contribution in [-0.2, 0) is 0 Å². The molecule has 90 valence electrons. The number of alkyl halides is 3. The smallest absolute Gasteiger partial charge is 0.388 e. The maximum atomic E-state index is 12.1. The second-order valence-electron chi connectivity index (χ2n) is 3.80. The van der Waals surface area contributed by atoms with E-state index in [0.29, 0.717) is 10.9 Å². The van der Waals surface area contributed by atoms with Gasteiger partial charge in [0.25, 0.3) is 0 Å². The lowest BCUT2D eigenvalue weighted by Gasteiger charge is -2.13. The third-order valence-corrected chi connectivity index (χ3v) is 2.42. The highest BCUT2D eigenvalue weighted by Crippen LogP contribution is 2.29. The van der Waals surface area contributed by atoms with Gasteiger partial charge in [-0.2, -0.15) is 13.2 Å². The van der Waals surface area contributed by atoms with Crippen molar-refractivity contribution in [3.8, 4) is 0 Å². The second-order valence-corrected chi connectivity index (χ2v) is 3.80. The van der Waals surface area contributed by atoms with Crippen molar-refractivity contribution in [1.29, 1.82) is 0 Å². The van der Waals surface area contributed by atoms with Gasteiger partial charge in [0.05, 0.1) is 18.0 Å². The van der Waals surface area contributed by atoms with Crippen molar-refractivity contribution in [2.45, 2.75) is 18.7 Å². The van der Waals surface area contributed by atoms with E-state index in [2.05, 4.69) is 4.98 Å². The Balaban J connectivity index is 2.30. The molecule has 1 aromatic heterocycles. The summed E-state index contributed by atoms with van der Waals surface area (Å²) in [5.41, 5.74) is 0.872. The van der Waals surface area contributed by atoms with Crippen LogP contribution in [0, 0.1) is 0 Å². The molecule has 1 N–H and O–H groups in total. The van der Waals surface area contributed by atoms with E-state index in [0.717, 1.165) is 0 Å². The Morgan fingerprint density at radius 2 is 1.94 bits per heavy atom. The maximum Gasteiger partial charge on any atom is 0.391 e. The summed E-state index contributed by atoms with van der Waals surface area (Å²) >= 11 is 0. The molecule has 0 fully saturated rings. The number of benzene rings is 1. The molecule has 1 unspecified atom stereocenters. The minimum atomic E-state index is -4.38. The van der Waals surface area contributed by atoms with Crippen molar-refractivity contribution in [3.05, 3.63) is 42.1 Å². The molecule has 1 aromatic carbocycles. The first-order valence-electron chi connectivity index (χ1n) is 5.05. The van der Waals surface area contributed by atoms with Crippen molar-refractivity contribution in [2.24, 2.45) is 0 Å². The number of para-hydroxylation sites is 1. The molecular formula is C12H10F3NO. The number of aliphatic hydroxyl groups is 1. The molecular weight excluding hydrogens is 231 g/mol. The fourth-order valence-corrected chi connectivity index (χ4v) is 1.61. The molecule has 0 spiro atoms. The zero-order valence-corrected chi connectivity index (χ0v) is 8.78. The highest BCUT2D eigenvalue weighted by molar-refractivity contribution is 5.78. The monoisotopic (exact) mass is 241 g/mol. The van der Waals surface area contributed by atoms with E-state index in [1.807, 2.05) is 0 Å². The highest BCUT2D eigenvalue weighted by Gasteiger charge is 2.31. The van der Waals surface area contributed by atoms with E-state index in [1.165, 1.54) is 12.3 Å². The van der Waals surface area contributed by atoms with Crippen molar-refractivity contribution in [3.63, 3.8) is 0 Å². The summed E-state index contributed by atoms with van der Waals surface area (Å²) in [7, 11) is 0. The molecule has 0 saturated heterocycles. The van der Waals surface area contributed by atoms with Crippen LogP contribution in [0.2, 0.25) is 0 Å². The van der Waals surface area contributed by atoms with E-state index in [9.17, 15) is 18.3 Å². The molecule has 0 aliphatic carbocycles. The summed E-state index contributed by atoms with van der Waals surface area (Å²) in [5.74, 6) is 0. The lowest BCUT2D eigenvalue weighted by atomic mass is 10.1. The van der Waals surface area contributed by atoms with Crippen LogP contribution in [0.25, 0.3) is 10.9 Å². The number of hydrogen-bond acceptors (Lipinski definition) is 2. The Morgan fingerprint density at radius 3 is 2.65 bits per heavy atom. The largest absolute Gasteiger partial charge is 0.391 e. The fraction of sp³-hybridized carbons (Fsp3) is 0.250. The molecule has 0 amide bonds. The van der Waals surface area contributed by atoms with Crippen LogP contribution in [-0.4, -0.2) is 16.3 Å². The number of rotatable bonds is 2. The quantitative estimate of drug-likeness (QED) is 0.875. The molecule has 5 heteroatoms. The fourth-order valence-electron chi connectivity index (χ4n) is 1.61. The first-order chi connectivity index (χ1) is 7.96. The summed E-state index contributed by atoms with van der Waals surface area (Å²) < 4.78 is 36.4. The van der Waals surface area contributed by atoms with Crippen LogP contribution < -0.4 is 0 Å². The van der Waals surface area contributed by atoms with Gasteiger partial charge in [0, 0.05) is 11.6 Å². The Kier molecular flexibility index (Phi) is 3.02. The molecule has 0 aliphatic heterocycles. The summed E-state index contributed by atoms with van der Waals surface area (Å²) in [4.78, 5) is 4.00. The number of fused-ring (bicyclic) bond motifs is 1. The van der Waals surface area contributed by atoms with Gasteiger partial charge in [0.2, 0.25) is 0 Å². The molecule has 2 aromatic rings. The minimum Gasteiger partial charge on any atom is -0.388 e. The molecule has 2 nitrogen and oxygen atoms in total. The molecule has 0 bridgehead atoms. The van der Waals surface area contributed by atoms with Crippen molar-refractivity contribution >= 4 is 10.9 Å². The van der Waals surface area contributed by atoms with Crippen LogP contribution >= 0.6 is 0 Å². The molecule has 0 saturated carbocycles. The molecule has 1 heterocycles. The third-order valence-electron chi connectivity index (χ3n) is 2.42. The number of halogens is 3. The lowest BCUT2D eigenvalue weighted by molar-refractivity contribution is -0.154. The zero-order valence-electron chi connectivity index (χ0n) is 8.78. The van der Waals surface area contributed by atoms with Gasteiger partial charge in [0.1, 0.15) is 0 Å². The van der Waals surface area contributed by atoms with Crippen LogP contribution in [0.1, 0.15) is 18.1 Å². The second kappa shape index (κ2) is 4.33. The Bertz CT molecular complexity index is 524. The third kappa shape index (κ3) is 2.94. The topological polar surface area (TPSA) is 33.1 Å². The van der Waals surface area contributed by atoms with Gasteiger partial charge < -0.3 is 5.11 Å². The van der Waals surface area contributed by atoms with Gasteiger partial charge in [-0.15, -0.1) is 0 Å². The van der Waals surface area contributed by atoms with Gasteiger partial charge in [-0.25, -0.2) is 0 Å². The highest BCUT2D eigenvalue weighted by atomic mass is 19.4. The average molecular weight is 241 g/mol. The predicted molar refractivity (Wildman–Crippen MR) is 57.4 cm³/mol. The van der Waals surface area contributed by atoms with E-state index in [-0.39, 0.29) is 5.56 Å². The van der Waals surface area contributed by atoms with E-state index < -0.39 is 18.7 Å². The van der Waals surface area contributed by atoms with Crippen molar-refractivity contribution < 1.29 is 18.3 Å². The first-order valence-corrected chi connectivity index (χ1v) is 5.05. The summed E-state index contributed by atoms with van der Waals surface area (Å²) in [6.45, 7) is 0. The Hall–Kier alpha value is -1.62. The predicted octanol–water partition coefficient (Wildman–Crippen LogP) is 3.22. The van der Waals surface area contributed by atoms with Crippen LogP contribution in [0.5, 0.6) is 0 Å². The van der Waals surface area contributed by atoms with Crippen LogP contribution in [0.15, 0.2) is 36.5 Å². The number of aliphatic hydroxyl groups excluding tert-OH is 1. The van der Waals surface area contributed by atoms with E-state index >= 15 is 0 Å². The molecule has 2 rings (SSSR count). The summed E-state index contributed by atoms with van der Waals surface area (Å²) in [6, 6.07) is 8.59. The maximum absolute atomic E-state index is 12.1.